The molecule has 1 aromatic heterocycles. The number of nitrogens with zero attached hydrogens (tertiary/aromatic N) is 1. The van der Waals surface area contributed by atoms with Crippen LogP contribution in [0.2, 0.25) is 5.15 Å². The predicted octanol–water partition coefficient (Wildman–Crippen LogP) is 0.908. The van der Waals surface area contributed by atoms with E-state index in [1.165, 1.54) is 0 Å². The van der Waals surface area contributed by atoms with Crippen molar-refractivity contribution in [3.63, 3.8) is 0 Å². The Morgan fingerprint density at radius 2 is 2.41 bits per heavy atom. The molecule has 0 radical (unpaired) electrons. The lowest BCUT2D eigenvalue weighted by Gasteiger charge is -2.16. The summed E-state index contributed by atoms with van der Waals surface area (Å²) in [5.74, 6) is -0.240. The number of ether oxygens (including phenoxy) is 1. The molecule has 0 aliphatic carbocycles. The Kier molecular flexibility index (Phi) is 3.93. The van der Waals surface area contributed by atoms with E-state index in [9.17, 15) is 4.79 Å². The normalized spacial score (nSPS) is 23.6. The molecule has 0 spiro atoms. The van der Waals surface area contributed by atoms with Gasteiger partial charge in [0.15, 0.2) is 0 Å². The fourth-order valence-electron chi connectivity index (χ4n) is 1.81. The number of hydrogen-bond donors (Lipinski definition) is 2. The number of amides is 1. The Morgan fingerprint density at radius 3 is 3.12 bits per heavy atom. The van der Waals surface area contributed by atoms with Gasteiger partial charge in [0.1, 0.15) is 5.15 Å². The molecule has 2 rings (SSSR count). The first kappa shape index (κ1) is 12.3. The zero-order valence-corrected chi connectivity index (χ0v) is 10.2. The van der Waals surface area contributed by atoms with Crippen molar-refractivity contribution in [2.75, 3.05) is 25.6 Å². The van der Waals surface area contributed by atoms with E-state index in [2.05, 4.69) is 15.6 Å². The summed E-state index contributed by atoms with van der Waals surface area (Å²) in [6.45, 7) is 1.00. The first-order chi connectivity index (χ1) is 8.20. The first-order valence-electron chi connectivity index (χ1n) is 5.38. The van der Waals surface area contributed by atoms with E-state index in [1.54, 1.807) is 18.3 Å². The van der Waals surface area contributed by atoms with Crippen molar-refractivity contribution in [2.45, 2.75) is 6.04 Å². The van der Waals surface area contributed by atoms with E-state index in [-0.39, 0.29) is 17.9 Å². The summed E-state index contributed by atoms with van der Waals surface area (Å²) in [4.78, 5) is 15.9. The molecule has 1 saturated heterocycles. The molecule has 92 valence electrons. The highest BCUT2D eigenvalue weighted by molar-refractivity contribution is 6.29. The number of aromatic nitrogens is 1. The third-order valence-electron chi connectivity index (χ3n) is 2.78. The van der Waals surface area contributed by atoms with Gasteiger partial charge in [-0.05, 0) is 19.2 Å². The van der Waals surface area contributed by atoms with Crippen molar-refractivity contribution in [3.05, 3.63) is 23.5 Å². The smallest absolute Gasteiger partial charge is 0.231 e. The summed E-state index contributed by atoms with van der Waals surface area (Å²) in [6.07, 6.45) is 1.55. The molecule has 0 aromatic carbocycles. The van der Waals surface area contributed by atoms with Crippen LogP contribution in [0.3, 0.4) is 0 Å². The van der Waals surface area contributed by atoms with Gasteiger partial charge in [0.25, 0.3) is 0 Å². The summed E-state index contributed by atoms with van der Waals surface area (Å²) in [5, 5.41) is 6.23. The molecule has 1 fully saturated rings. The van der Waals surface area contributed by atoms with Crippen LogP contribution < -0.4 is 10.6 Å². The largest absolute Gasteiger partial charge is 0.379 e. The van der Waals surface area contributed by atoms with E-state index in [1.807, 2.05) is 7.05 Å². The Balaban J connectivity index is 2.01. The maximum Gasteiger partial charge on any atom is 0.231 e. The van der Waals surface area contributed by atoms with Crippen LogP contribution in [0.15, 0.2) is 18.3 Å². The third kappa shape index (κ3) is 2.94. The van der Waals surface area contributed by atoms with Gasteiger partial charge in [-0.1, -0.05) is 11.6 Å². The summed E-state index contributed by atoms with van der Waals surface area (Å²) in [5.41, 5.74) is 0.650. The maximum atomic E-state index is 12.0. The van der Waals surface area contributed by atoms with Crippen LogP contribution in [0.1, 0.15) is 0 Å². The van der Waals surface area contributed by atoms with Crippen molar-refractivity contribution in [2.24, 2.45) is 5.92 Å². The average Bonchev–Trinajstić information content (AvgIpc) is 2.77. The molecular weight excluding hydrogens is 242 g/mol. The summed E-state index contributed by atoms with van der Waals surface area (Å²) in [6, 6.07) is 3.38. The van der Waals surface area contributed by atoms with Crippen LogP contribution in [-0.4, -0.2) is 37.2 Å². The number of rotatable bonds is 3. The van der Waals surface area contributed by atoms with E-state index >= 15 is 0 Å². The highest BCUT2D eigenvalue weighted by Crippen LogP contribution is 2.17. The number of nitrogens with one attached hydrogen (secondary N) is 2. The second-order valence-electron chi connectivity index (χ2n) is 3.90. The fourth-order valence-corrected chi connectivity index (χ4v) is 1.99. The van der Waals surface area contributed by atoms with Crippen molar-refractivity contribution >= 4 is 23.2 Å². The monoisotopic (exact) mass is 255 g/mol. The lowest BCUT2D eigenvalue weighted by molar-refractivity contribution is -0.120. The van der Waals surface area contributed by atoms with Gasteiger partial charge in [-0.15, -0.1) is 0 Å². The second kappa shape index (κ2) is 5.44. The van der Waals surface area contributed by atoms with E-state index in [0.29, 0.717) is 24.1 Å². The predicted molar refractivity (Wildman–Crippen MR) is 65.0 cm³/mol. The zero-order valence-electron chi connectivity index (χ0n) is 9.44. The molecule has 2 N–H and O–H groups in total. The molecule has 2 heterocycles. The molecule has 1 aliphatic rings. The van der Waals surface area contributed by atoms with Gasteiger partial charge in [0.05, 0.1) is 19.1 Å². The molecule has 1 amide bonds. The molecule has 1 aromatic rings. The molecule has 1 aliphatic heterocycles. The van der Waals surface area contributed by atoms with Gasteiger partial charge in [0.2, 0.25) is 5.91 Å². The lowest BCUT2D eigenvalue weighted by atomic mass is 10.0. The Bertz CT molecular complexity index is 413. The Labute approximate surface area is 105 Å². The van der Waals surface area contributed by atoms with E-state index < -0.39 is 0 Å². The number of pyridine rings is 1. The molecule has 0 bridgehead atoms. The van der Waals surface area contributed by atoms with Gasteiger partial charge in [-0.2, -0.15) is 0 Å². The zero-order chi connectivity index (χ0) is 12.3. The minimum atomic E-state index is -0.174. The lowest BCUT2D eigenvalue weighted by Crippen LogP contribution is -2.39. The van der Waals surface area contributed by atoms with Crippen LogP contribution in [0.4, 0.5) is 5.69 Å². The second-order valence-corrected chi connectivity index (χ2v) is 4.28. The fraction of sp³-hybridized carbons (Fsp3) is 0.455. The number of halogens is 1. The van der Waals surface area contributed by atoms with Gasteiger partial charge >= 0.3 is 0 Å². The third-order valence-corrected chi connectivity index (χ3v) is 2.99. The van der Waals surface area contributed by atoms with Crippen molar-refractivity contribution in [1.29, 1.82) is 0 Å². The van der Waals surface area contributed by atoms with Gasteiger partial charge in [-0.3, -0.25) is 4.79 Å². The number of carbonyl (C=O) groups excluding carboxylic acids is 1. The van der Waals surface area contributed by atoms with Crippen LogP contribution in [0.25, 0.3) is 0 Å². The van der Waals surface area contributed by atoms with Crippen molar-refractivity contribution in [3.8, 4) is 0 Å². The topological polar surface area (TPSA) is 63.2 Å². The highest BCUT2D eigenvalue weighted by Gasteiger charge is 2.32. The Morgan fingerprint density at radius 1 is 1.59 bits per heavy atom. The van der Waals surface area contributed by atoms with Gasteiger partial charge in [0, 0.05) is 17.9 Å². The number of anilines is 1. The summed E-state index contributed by atoms with van der Waals surface area (Å²) in [7, 11) is 1.82. The molecule has 0 saturated carbocycles. The van der Waals surface area contributed by atoms with Crippen LogP contribution in [-0.2, 0) is 9.53 Å². The van der Waals surface area contributed by atoms with E-state index in [4.69, 9.17) is 16.3 Å². The van der Waals surface area contributed by atoms with Crippen molar-refractivity contribution < 1.29 is 9.53 Å². The molecule has 5 nitrogen and oxygen atoms in total. The van der Waals surface area contributed by atoms with Crippen molar-refractivity contribution in [1.82, 2.24) is 10.3 Å². The molecule has 2 atom stereocenters. The quantitative estimate of drug-likeness (QED) is 0.788. The number of hydrogen-bond acceptors (Lipinski definition) is 4. The molecule has 2 unspecified atom stereocenters. The van der Waals surface area contributed by atoms with Crippen LogP contribution in [0.5, 0.6) is 0 Å². The maximum absolute atomic E-state index is 12.0. The highest BCUT2D eigenvalue weighted by atomic mass is 35.5. The molecular formula is C11H14ClN3O2. The minimum absolute atomic E-state index is 0.0623. The standard InChI is InChI=1S/C11H14ClN3O2/c1-13-9-6-17-5-8(9)11(16)15-7-2-3-14-10(12)4-7/h2-4,8-9,13H,5-6H2,1H3,(H,14,15,16). The number of carbonyl (C=O) groups is 1. The SMILES string of the molecule is CNC1COCC1C(=O)Nc1ccnc(Cl)c1. The average molecular weight is 256 g/mol. The molecule has 6 heteroatoms. The van der Waals surface area contributed by atoms with Crippen LogP contribution in [0, 0.1) is 5.92 Å². The number of likely N-dealkylation sites (N-methyl/N-ethyl adjacent to an activating group) is 1. The van der Waals surface area contributed by atoms with Gasteiger partial charge in [-0.25, -0.2) is 4.98 Å². The Hall–Kier alpha value is -1.17. The van der Waals surface area contributed by atoms with Crippen LogP contribution >= 0.6 is 11.6 Å². The first-order valence-corrected chi connectivity index (χ1v) is 5.76. The van der Waals surface area contributed by atoms with E-state index in [0.717, 1.165) is 0 Å². The summed E-state index contributed by atoms with van der Waals surface area (Å²) < 4.78 is 5.28. The van der Waals surface area contributed by atoms with Gasteiger partial charge < -0.3 is 15.4 Å². The molecule has 17 heavy (non-hydrogen) atoms. The summed E-state index contributed by atoms with van der Waals surface area (Å²) >= 11 is 5.74. The minimum Gasteiger partial charge on any atom is -0.379 e.